The van der Waals surface area contributed by atoms with E-state index in [4.69, 9.17) is 0 Å². The van der Waals surface area contributed by atoms with Crippen LogP contribution in [0.5, 0.6) is 0 Å². The Morgan fingerprint density at radius 3 is 1.97 bits per heavy atom. The number of hydrogen-bond donors (Lipinski definition) is 1. The number of hydrogen-bond acceptors (Lipinski definition) is 3. The Bertz CT molecular complexity index is 1360. The maximum absolute atomic E-state index is 13.8. The van der Waals surface area contributed by atoms with Crippen LogP contribution in [0.15, 0.2) is 120 Å². The quantitative estimate of drug-likeness (QED) is 0.336. The van der Waals surface area contributed by atoms with E-state index in [0.29, 0.717) is 17.8 Å². The molecule has 1 amide bonds. The first-order valence-corrected chi connectivity index (χ1v) is 12.9. The standard InChI is InChI=1S/C29H28N2O3S/c1-23(25-15-7-3-8-16-25)21-30-29(32)27-19-11-12-20-28(27)31(22-24-13-5-2-6-14-24)35(33,34)26-17-9-4-10-18-26/h2-20,23H,21-22H2,1H3,(H,30,32)/t23-/m1/s1. The largest absolute Gasteiger partial charge is 0.351 e. The van der Waals surface area contributed by atoms with Gasteiger partial charge in [-0.15, -0.1) is 0 Å². The van der Waals surface area contributed by atoms with Crippen LogP contribution >= 0.6 is 0 Å². The van der Waals surface area contributed by atoms with E-state index in [0.717, 1.165) is 11.1 Å². The smallest absolute Gasteiger partial charge is 0.264 e. The van der Waals surface area contributed by atoms with E-state index in [1.807, 2.05) is 67.6 Å². The monoisotopic (exact) mass is 484 g/mol. The van der Waals surface area contributed by atoms with Crippen molar-refractivity contribution in [2.45, 2.75) is 24.3 Å². The van der Waals surface area contributed by atoms with E-state index >= 15 is 0 Å². The summed E-state index contributed by atoms with van der Waals surface area (Å²) in [6, 6.07) is 34.4. The molecule has 0 radical (unpaired) electrons. The molecule has 0 spiro atoms. The highest BCUT2D eigenvalue weighted by molar-refractivity contribution is 7.92. The molecule has 4 aromatic rings. The van der Waals surface area contributed by atoms with Crippen molar-refractivity contribution in [3.63, 3.8) is 0 Å². The molecule has 0 saturated heterocycles. The molecule has 0 aromatic heterocycles. The molecule has 35 heavy (non-hydrogen) atoms. The maximum atomic E-state index is 13.8. The lowest BCUT2D eigenvalue weighted by molar-refractivity contribution is 0.0952. The molecule has 4 rings (SSSR count). The fourth-order valence-corrected chi connectivity index (χ4v) is 5.38. The minimum atomic E-state index is -3.93. The van der Waals surface area contributed by atoms with Crippen LogP contribution in [0, 0.1) is 0 Å². The molecule has 1 N–H and O–H groups in total. The van der Waals surface area contributed by atoms with Crippen molar-refractivity contribution in [3.05, 3.63) is 132 Å². The van der Waals surface area contributed by atoms with Gasteiger partial charge in [0.1, 0.15) is 0 Å². The zero-order valence-corrected chi connectivity index (χ0v) is 20.4. The Morgan fingerprint density at radius 2 is 1.31 bits per heavy atom. The predicted molar refractivity (Wildman–Crippen MR) is 140 cm³/mol. The van der Waals surface area contributed by atoms with Crippen LogP contribution in [0.2, 0.25) is 0 Å². The second-order valence-corrected chi connectivity index (χ2v) is 10.2. The van der Waals surface area contributed by atoms with Crippen LogP contribution in [-0.4, -0.2) is 20.9 Å². The summed E-state index contributed by atoms with van der Waals surface area (Å²) < 4.78 is 28.8. The van der Waals surface area contributed by atoms with E-state index in [9.17, 15) is 13.2 Å². The van der Waals surface area contributed by atoms with Crippen LogP contribution in [-0.2, 0) is 16.6 Å². The van der Waals surface area contributed by atoms with E-state index in [-0.39, 0.29) is 23.3 Å². The highest BCUT2D eigenvalue weighted by atomic mass is 32.2. The van der Waals surface area contributed by atoms with Gasteiger partial charge in [0.15, 0.2) is 0 Å². The number of nitrogens with zero attached hydrogens (tertiary/aromatic N) is 1. The number of rotatable bonds is 9. The molecule has 0 aliphatic carbocycles. The lowest BCUT2D eigenvalue weighted by Gasteiger charge is -2.27. The SMILES string of the molecule is C[C@H](CNC(=O)c1ccccc1N(Cc1ccccc1)S(=O)(=O)c1ccccc1)c1ccccc1. The number of carbonyl (C=O) groups is 1. The maximum Gasteiger partial charge on any atom is 0.264 e. The molecule has 0 heterocycles. The molecular formula is C29H28N2O3S. The van der Waals surface area contributed by atoms with Crippen LogP contribution < -0.4 is 9.62 Å². The number of carbonyl (C=O) groups excluding carboxylic acids is 1. The molecule has 6 heteroatoms. The Balaban J connectivity index is 1.67. The second kappa shape index (κ2) is 11.0. The molecule has 0 unspecified atom stereocenters. The first-order chi connectivity index (χ1) is 17.0. The number of nitrogens with one attached hydrogen (secondary N) is 1. The summed E-state index contributed by atoms with van der Waals surface area (Å²) in [6.45, 7) is 2.58. The van der Waals surface area contributed by atoms with Gasteiger partial charge in [-0.3, -0.25) is 9.10 Å². The molecule has 5 nitrogen and oxygen atoms in total. The molecule has 1 atom stereocenters. The Labute approximate surface area is 207 Å². The van der Waals surface area contributed by atoms with E-state index in [1.165, 1.54) is 4.31 Å². The number of benzene rings is 4. The third kappa shape index (κ3) is 5.78. The molecule has 0 saturated carbocycles. The first-order valence-electron chi connectivity index (χ1n) is 11.5. The molecular weight excluding hydrogens is 456 g/mol. The van der Waals surface area contributed by atoms with Crippen molar-refractivity contribution in [3.8, 4) is 0 Å². The predicted octanol–water partition coefficient (Wildman–Crippen LogP) is 5.62. The molecule has 4 aromatic carbocycles. The van der Waals surface area contributed by atoms with Gasteiger partial charge in [0.05, 0.1) is 22.7 Å². The first kappa shape index (κ1) is 24.2. The molecule has 0 bridgehead atoms. The number of sulfonamides is 1. The van der Waals surface area contributed by atoms with Gasteiger partial charge in [-0.1, -0.05) is 97.9 Å². The fourth-order valence-electron chi connectivity index (χ4n) is 3.89. The van der Waals surface area contributed by atoms with Crippen molar-refractivity contribution in [1.29, 1.82) is 0 Å². The zero-order chi connectivity index (χ0) is 24.7. The van der Waals surface area contributed by atoms with Gasteiger partial charge in [0.2, 0.25) is 0 Å². The molecule has 0 fully saturated rings. The van der Waals surface area contributed by atoms with Gasteiger partial charge < -0.3 is 5.32 Å². The lowest BCUT2D eigenvalue weighted by atomic mass is 10.0. The number of para-hydroxylation sites is 1. The van der Waals surface area contributed by atoms with Gasteiger partial charge in [-0.25, -0.2) is 8.42 Å². The summed E-state index contributed by atoms with van der Waals surface area (Å²) in [7, 11) is -3.93. The second-order valence-electron chi connectivity index (χ2n) is 8.35. The van der Waals surface area contributed by atoms with Gasteiger partial charge in [0, 0.05) is 6.54 Å². The van der Waals surface area contributed by atoms with Crippen LogP contribution in [0.4, 0.5) is 5.69 Å². The Hall–Kier alpha value is -3.90. The summed E-state index contributed by atoms with van der Waals surface area (Å²) in [5, 5.41) is 2.99. The van der Waals surface area contributed by atoms with Crippen LogP contribution in [0.1, 0.15) is 34.3 Å². The minimum Gasteiger partial charge on any atom is -0.351 e. The van der Waals surface area contributed by atoms with Crippen molar-refractivity contribution in [2.75, 3.05) is 10.8 Å². The van der Waals surface area contributed by atoms with Crippen molar-refractivity contribution >= 4 is 21.6 Å². The third-order valence-corrected chi connectivity index (χ3v) is 7.63. The summed E-state index contributed by atoms with van der Waals surface area (Å²) >= 11 is 0. The summed E-state index contributed by atoms with van der Waals surface area (Å²) in [5.41, 5.74) is 2.59. The average molecular weight is 485 g/mol. The van der Waals surface area contributed by atoms with Gasteiger partial charge in [-0.05, 0) is 41.3 Å². The van der Waals surface area contributed by atoms with E-state index < -0.39 is 10.0 Å². The fraction of sp³-hybridized carbons (Fsp3) is 0.138. The van der Waals surface area contributed by atoms with Gasteiger partial charge >= 0.3 is 0 Å². The summed E-state index contributed by atoms with van der Waals surface area (Å²) in [5.74, 6) is -0.203. The number of anilines is 1. The molecule has 0 aliphatic rings. The highest BCUT2D eigenvalue weighted by Crippen LogP contribution is 2.29. The zero-order valence-electron chi connectivity index (χ0n) is 19.5. The Kier molecular flexibility index (Phi) is 7.63. The highest BCUT2D eigenvalue weighted by Gasteiger charge is 2.28. The van der Waals surface area contributed by atoms with Gasteiger partial charge in [0.25, 0.3) is 15.9 Å². The normalized spacial score (nSPS) is 12.0. The van der Waals surface area contributed by atoms with Crippen LogP contribution in [0.25, 0.3) is 0 Å². The summed E-state index contributed by atoms with van der Waals surface area (Å²) in [4.78, 5) is 13.5. The van der Waals surface area contributed by atoms with Gasteiger partial charge in [-0.2, -0.15) is 0 Å². The number of amides is 1. The third-order valence-electron chi connectivity index (χ3n) is 5.85. The minimum absolute atomic E-state index is 0.1000. The molecule has 178 valence electrons. The Morgan fingerprint density at radius 1 is 0.771 bits per heavy atom. The van der Waals surface area contributed by atoms with Crippen molar-refractivity contribution in [1.82, 2.24) is 5.32 Å². The van der Waals surface area contributed by atoms with E-state index in [2.05, 4.69) is 5.32 Å². The molecule has 0 aliphatic heterocycles. The average Bonchev–Trinajstić information content (AvgIpc) is 2.91. The lowest BCUT2D eigenvalue weighted by Crippen LogP contribution is -2.34. The summed E-state index contributed by atoms with van der Waals surface area (Å²) in [6.07, 6.45) is 0. The van der Waals surface area contributed by atoms with Crippen molar-refractivity contribution in [2.24, 2.45) is 0 Å². The van der Waals surface area contributed by atoms with Crippen LogP contribution in [0.3, 0.4) is 0 Å². The topological polar surface area (TPSA) is 66.5 Å². The van der Waals surface area contributed by atoms with Crippen molar-refractivity contribution < 1.29 is 13.2 Å². The van der Waals surface area contributed by atoms with E-state index in [1.54, 1.807) is 54.6 Å².